The third kappa shape index (κ3) is 4.23. The van der Waals surface area contributed by atoms with Crippen molar-refractivity contribution in [1.82, 2.24) is 15.0 Å². The van der Waals surface area contributed by atoms with Crippen LogP contribution in [0.1, 0.15) is 24.4 Å². The van der Waals surface area contributed by atoms with Crippen molar-refractivity contribution in [3.05, 3.63) is 70.2 Å². The Morgan fingerprint density at radius 2 is 1.97 bits per heavy atom. The van der Waals surface area contributed by atoms with Gasteiger partial charge in [0.15, 0.2) is 0 Å². The molecule has 0 bridgehead atoms. The number of aromatic nitrogens is 2. The molecule has 0 amide bonds. The van der Waals surface area contributed by atoms with E-state index in [4.69, 9.17) is 34.8 Å². The number of nitrogens with two attached hydrogens (primary N) is 2. The van der Waals surface area contributed by atoms with Crippen LogP contribution < -0.4 is 22.2 Å². The first-order valence-corrected chi connectivity index (χ1v) is 10.4. The van der Waals surface area contributed by atoms with Gasteiger partial charge in [-0.15, -0.1) is 0 Å². The van der Waals surface area contributed by atoms with Crippen LogP contribution in [0.5, 0.6) is 0 Å². The second-order valence-corrected chi connectivity index (χ2v) is 8.05. The number of rotatable bonds is 7. The van der Waals surface area contributed by atoms with Crippen molar-refractivity contribution in [2.24, 2.45) is 11.6 Å². The summed E-state index contributed by atoms with van der Waals surface area (Å²) in [5, 5.41) is 10.1. The molecule has 1 heterocycles. The van der Waals surface area contributed by atoms with E-state index >= 15 is 0 Å². The largest absolute Gasteiger partial charge is 0.399 e. The van der Waals surface area contributed by atoms with E-state index in [2.05, 4.69) is 20.6 Å². The van der Waals surface area contributed by atoms with Gasteiger partial charge in [-0.25, -0.2) is 15.8 Å². The zero-order valence-corrected chi connectivity index (χ0v) is 18.0. The highest BCUT2D eigenvalue weighted by Gasteiger charge is 2.27. The molecular formula is C21H23Cl2N7. The Bertz CT molecular complexity index is 1100. The lowest BCUT2D eigenvalue weighted by Crippen LogP contribution is -2.30. The molecule has 9 heteroatoms. The van der Waals surface area contributed by atoms with Crippen LogP contribution in [0.2, 0.25) is 10.0 Å². The molecule has 3 aromatic rings. The average molecular weight is 444 g/mol. The molecule has 2 aromatic carbocycles. The quantitative estimate of drug-likeness (QED) is 0.319. The molecule has 30 heavy (non-hydrogen) atoms. The van der Waals surface area contributed by atoms with Crippen LogP contribution in [0, 0.1) is 0 Å². The van der Waals surface area contributed by atoms with Crippen LogP contribution in [0.4, 0.5) is 11.5 Å². The van der Waals surface area contributed by atoms with E-state index in [0.717, 1.165) is 29.5 Å². The number of hydrogen-bond acceptors (Lipinski definition) is 7. The summed E-state index contributed by atoms with van der Waals surface area (Å²) in [6.45, 7) is 0. The van der Waals surface area contributed by atoms with Gasteiger partial charge >= 0.3 is 0 Å². The third-order valence-corrected chi connectivity index (χ3v) is 5.69. The average Bonchev–Trinajstić information content (AvgIpc) is 3.58. The number of fused-ring (bicyclic) bond motifs is 1. The molecule has 1 fully saturated rings. The van der Waals surface area contributed by atoms with E-state index in [9.17, 15) is 0 Å². The van der Waals surface area contributed by atoms with Crippen molar-refractivity contribution in [2.75, 3.05) is 17.7 Å². The second kappa shape index (κ2) is 8.55. The van der Waals surface area contributed by atoms with Gasteiger partial charge in [-0.3, -0.25) is 0 Å². The molecule has 0 radical (unpaired) electrons. The fourth-order valence-electron chi connectivity index (χ4n) is 3.35. The highest BCUT2D eigenvalue weighted by molar-refractivity contribution is 6.35. The molecule has 0 spiro atoms. The minimum Gasteiger partial charge on any atom is -0.399 e. The van der Waals surface area contributed by atoms with Crippen LogP contribution in [0.3, 0.4) is 0 Å². The minimum absolute atomic E-state index is 0.334. The van der Waals surface area contributed by atoms with E-state index < -0.39 is 6.04 Å². The summed E-state index contributed by atoms with van der Waals surface area (Å²) in [7, 11) is 1.80. The topological polar surface area (TPSA) is 105 Å². The van der Waals surface area contributed by atoms with Gasteiger partial charge in [0.05, 0.1) is 22.3 Å². The lowest BCUT2D eigenvalue weighted by molar-refractivity contribution is 0.378. The van der Waals surface area contributed by atoms with Gasteiger partial charge in [0, 0.05) is 35.4 Å². The molecule has 156 valence electrons. The molecule has 0 saturated heterocycles. The fraction of sp³-hybridized carbons (Fsp3) is 0.238. The van der Waals surface area contributed by atoms with Crippen molar-refractivity contribution in [3.63, 3.8) is 0 Å². The standard InChI is InChI=1S/C21H23Cl2N7/c1-26-21-15-8-12(9-17(23)19(15)27-11-28-21)29-20(14-4-2-3-5-16(14)22)18(24)10-30(25)13-6-7-13/h2-5,8-11,13,20,29H,6-7,24-25H2,1H3,(H,26,27,28)/b18-10-. The van der Waals surface area contributed by atoms with Crippen LogP contribution in [0.25, 0.3) is 10.9 Å². The Morgan fingerprint density at radius 1 is 1.20 bits per heavy atom. The monoisotopic (exact) mass is 443 g/mol. The van der Waals surface area contributed by atoms with E-state index in [0.29, 0.717) is 33.1 Å². The first-order chi connectivity index (χ1) is 14.5. The fourth-order valence-corrected chi connectivity index (χ4v) is 3.86. The summed E-state index contributed by atoms with van der Waals surface area (Å²) < 4.78 is 0. The number of benzene rings is 2. The van der Waals surface area contributed by atoms with E-state index in [1.54, 1.807) is 18.3 Å². The second-order valence-electron chi connectivity index (χ2n) is 7.23. The SMILES string of the molecule is CNc1ncnc2c(Cl)cc(NC(/C(N)=C/N(N)C3CC3)c3ccccc3Cl)cc12. The maximum atomic E-state index is 6.51. The summed E-state index contributed by atoms with van der Waals surface area (Å²) in [5.41, 5.74) is 9.30. The van der Waals surface area contributed by atoms with Gasteiger partial charge in [-0.05, 0) is 36.6 Å². The highest BCUT2D eigenvalue weighted by atomic mass is 35.5. The summed E-state index contributed by atoms with van der Waals surface area (Å²) in [4.78, 5) is 8.56. The van der Waals surface area contributed by atoms with Gasteiger partial charge in [0.2, 0.25) is 0 Å². The summed E-state index contributed by atoms with van der Waals surface area (Å²) in [6, 6.07) is 11.3. The van der Waals surface area contributed by atoms with Crippen molar-refractivity contribution < 1.29 is 0 Å². The molecule has 1 aliphatic carbocycles. The molecule has 1 aromatic heterocycles. The first-order valence-electron chi connectivity index (χ1n) is 9.61. The zero-order chi connectivity index (χ0) is 21.3. The molecule has 4 rings (SSSR count). The van der Waals surface area contributed by atoms with Gasteiger partial charge in [-0.1, -0.05) is 41.4 Å². The first kappa shape index (κ1) is 20.5. The van der Waals surface area contributed by atoms with Gasteiger partial charge in [0.1, 0.15) is 12.1 Å². The van der Waals surface area contributed by atoms with Gasteiger partial charge in [0.25, 0.3) is 0 Å². The van der Waals surface area contributed by atoms with Crippen LogP contribution in [-0.2, 0) is 0 Å². The zero-order valence-electron chi connectivity index (χ0n) is 16.4. The summed E-state index contributed by atoms with van der Waals surface area (Å²) in [6.07, 6.45) is 5.38. The van der Waals surface area contributed by atoms with Crippen LogP contribution >= 0.6 is 23.2 Å². The van der Waals surface area contributed by atoms with E-state index in [1.807, 2.05) is 36.4 Å². The Labute approximate surface area is 185 Å². The van der Waals surface area contributed by atoms with Crippen molar-refractivity contribution in [3.8, 4) is 0 Å². The number of hydrazine groups is 1. The Morgan fingerprint density at radius 3 is 2.67 bits per heavy atom. The van der Waals surface area contributed by atoms with E-state index in [1.165, 1.54) is 6.33 Å². The number of halogens is 2. The van der Waals surface area contributed by atoms with Gasteiger partial charge < -0.3 is 21.4 Å². The highest BCUT2D eigenvalue weighted by Crippen LogP contribution is 2.35. The molecule has 6 N–H and O–H groups in total. The Hall–Kier alpha value is -2.74. The Balaban J connectivity index is 1.76. The molecule has 1 aliphatic rings. The molecule has 0 aliphatic heterocycles. The van der Waals surface area contributed by atoms with Crippen molar-refractivity contribution in [1.29, 1.82) is 0 Å². The lowest BCUT2D eigenvalue weighted by atomic mass is 10.0. The van der Waals surface area contributed by atoms with Crippen molar-refractivity contribution in [2.45, 2.75) is 24.9 Å². The minimum atomic E-state index is -0.403. The smallest absolute Gasteiger partial charge is 0.137 e. The maximum absolute atomic E-state index is 6.51. The number of nitrogens with zero attached hydrogens (tertiary/aromatic N) is 3. The lowest BCUT2D eigenvalue weighted by Gasteiger charge is -2.24. The van der Waals surface area contributed by atoms with E-state index in [-0.39, 0.29) is 0 Å². The molecule has 1 atom stereocenters. The Kier molecular flexibility index (Phi) is 5.85. The summed E-state index contributed by atoms with van der Waals surface area (Å²) in [5.74, 6) is 6.82. The molecule has 1 unspecified atom stereocenters. The van der Waals surface area contributed by atoms with Gasteiger partial charge in [-0.2, -0.15) is 0 Å². The van der Waals surface area contributed by atoms with Crippen molar-refractivity contribution >= 4 is 45.6 Å². The number of nitrogens with one attached hydrogen (secondary N) is 2. The molecular weight excluding hydrogens is 421 g/mol. The van der Waals surface area contributed by atoms with Crippen LogP contribution in [0.15, 0.2) is 54.6 Å². The number of anilines is 2. The maximum Gasteiger partial charge on any atom is 0.137 e. The number of hydrogen-bond donors (Lipinski definition) is 4. The molecule has 7 nitrogen and oxygen atoms in total. The van der Waals surface area contributed by atoms with Crippen LogP contribution in [-0.4, -0.2) is 28.1 Å². The predicted molar refractivity (Wildman–Crippen MR) is 123 cm³/mol. The molecule has 1 saturated carbocycles. The normalized spacial score (nSPS) is 15.1. The predicted octanol–water partition coefficient (Wildman–Crippen LogP) is 4.27. The summed E-state index contributed by atoms with van der Waals surface area (Å²) >= 11 is 13.0. The third-order valence-electron chi connectivity index (χ3n) is 5.06.